The molecule has 2 fully saturated rings. The molecule has 3 nitrogen and oxygen atoms in total. The second-order valence-electron chi connectivity index (χ2n) is 7.06. The quantitative estimate of drug-likeness (QED) is 0.869. The van der Waals surface area contributed by atoms with Gasteiger partial charge in [0.1, 0.15) is 0 Å². The Labute approximate surface area is 137 Å². The van der Waals surface area contributed by atoms with Crippen LogP contribution in [0, 0.1) is 11.8 Å². The number of rotatable bonds is 3. The van der Waals surface area contributed by atoms with Gasteiger partial charge >= 0.3 is 0 Å². The zero-order valence-electron chi connectivity index (χ0n) is 13.7. The van der Waals surface area contributed by atoms with Crippen molar-refractivity contribution in [3.63, 3.8) is 0 Å². The number of nitrogens with zero attached hydrogens (tertiary/aromatic N) is 2. The molecule has 1 heterocycles. The lowest BCUT2D eigenvalue weighted by Gasteiger charge is -2.35. The minimum Gasteiger partial charge on any atom is -0.340 e. The fraction of sp³-hybridized carbons (Fsp3) is 0.450. The fourth-order valence-corrected chi connectivity index (χ4v) is 3.70. The summed E-state index contributed by atoms with van der Waals surface area (Å²) in [6.45, 7) is 6.88. The first-order valence-corrected chi connectivity index (χ1v) is 8.70. The van der Waals surface area contributed by atoms with Gasteiger partial charge in [-0.3, -0.25) is 9.69 Å². The largest absolute Gasteiger partial charge is 0.340 e. The molecule has 2 unspecified atom stereocenters. The van der Waals surface area contributed by atoms with Gasteiger partial charge in [0, 0.05) is 38.6 Å². The van der Waals surface area contributed by atoms with Crippen molar-refractivity contribution in [2.24, 2.45) is 11.8 Å². The second kappa shape index (κ2) is 5.97. The van der Waals surface area contributed by atoms with Crippen molar-refractivity contribution in [2.75, 3.05) is 26.2 Å². The van der Waals surface area contributed by atoms with Crippen LogP contribution in [0.5, 0.6) is 0 Å². The van der Waals surface area contributed by atoms with E-state index in [1.807, 2.05) is 0 Å². The molecule has 1 saturated heterocycles. The number of hydrogen-bond acceptors (Lipinski definition) is 2. The Hall–Kier alpha value is -1.87. The van der Waals surface area contributed by atoms with Crippen LogP contribution in [0.1, 0.15) is 18.9 Å². The van der Waals surface area contributed by atoms with Gasteiger partial charge < -0.3 is 4.90 Å². The van der Waals surface area contributed by atoms with Gasteiger partial charge in [-0.05, 0) is 28.7 Å². The van der Waals surface area contributed by atoms with Crippen molar-refractivity contribution in [1.29, 1.82) is 0 Å². The Bertz CT molecular complexity index is 713. The minimum absolute atomic E-state index is 0.319. The predicted octanol–water partition coefficient (Wildman–Crippen LogP) is 3.14. The Morgan fingerprint density at radius 2 is 1.74 bits per heavy atom. The number of hydrogen-bond donors (Lipinski definition) is 0. The molecule has 0 N–H and O–H groups in total. The molecule has 120 valence electrons. The second-order valence-corrected chi connectivity index (χ2v) is 7.06. The Morgan fingerprint density at radius 3 is 2.48 bits per heavy atom. The van der Waals surface area contributed by atoms with Crippen molar-refractivity contribution in [3.8, 4) is 0 Å². The lowest BCUT2D eigenvalue weighted by atomic mass is 10.0. The van der Waals surface area contributed by atoms with Crippen LogP contribution >= 0.6 is 0 Å². The molecule has 0 bridgehead atoms. The summed E-state index contributed by atoms with van der Waals surface area (Å²) in [6.07, 6.45) is 1.09. The Kier molecular flexibility index (Phi) is 3.82. The van der Waals surface area contributed by atoms with Gasteiger partial charge in [-0.1, -0.05) is 49.4 Å². The van der Waals surface area contributed by atoms with Crippen LogP contribution in [0.15, 0.2) is 42.5 Å². The maximum Gasteiger partial charge on any atom is 0.226 e. The van der Waals surface area contributed by atoms with Crippen LogP contribution in [0.4, 0.5) is 0 Å². The molecule has 1 aliphatic heterocycles. The van der Waals surface area contributed by atoms with Gasteiger partial charge in [0.2, 0.25) is 5.91 Å². The highest BCUT2D eigenvalue weighted by Gasteiger charge is 2.41. The van der Waals surface area contributed by atoms with Gasteiger partial charge in [0.25, 0.3) is 0 Å². The number of amides is 1. The average molecular weight is 308 g/mol. The van der Waals surface area contributed by atoms with Gasteiger partial charge in [-0.2, -0.15) is 0 Å². The number of benzene rings is 2. The summed E-state index contributed by atoms with van der Waals surface area (Å²) in [5.41, 5.74) is 1.39. The van der Waals surface area contributed by atoms with E-state index < -0.39 is 0 Å². The van der Waals surface area contributed by atoms with Crippen molar-refractivity contribution >= 4 is 16.7 Å². The van der Waals surface area contributed by atoms with Crippen LogP contribution in [-0.2, 0) is 11.3 Å². The molecule has 3 heteroatoms. The van der Waals surface area contributed by atoms with Crippen molar-refractivity contribution in [3.05, 3.63) is 48.0 Å². The molecule has 1 amide bonds. The number of piperazine rings is 1. The summed E-state index contributed by atoms with van der Waals surface area (Å²) in [5.74, 6) is 1.32. The van der Waals surface area contributed by atoms with E-state index in [0.29, 0.717) is 17.7 Å². The molecule has 1 aliphatic carbocycles. The van der Waals surface area contributed by atoms with Crippen LogP contribution < -0.4 is 0 Å². The zero-order valence-corrected chi connectivity index (χ0v) is 13.7. The molecule has 0 radical (unpaired) electrons. The van der Waals surface area contributed by atoms with Gasteiger partial charge in [-0.15, -0.1) is 0 Å². The highest BCUT2D eigenvalue weighted by Crippen LogP contribution is 2.39. The molecule has 2 aromatic rings. The van der Waals surface area contributed by atoms with E-state index >= 15 is 0 Å². The third-order valence-electron chi connectivity index (χ3n) is 5.38. The maximum absolute atomic E-state index is 12.3. The van der Waals surface area contributed by atoms with E-state index in [2.05, 4.69) is 59.2 Å². The predicted molar refractivity (Wildman–Crippen MR) is 93.1 cm³/mol. The first kappa shape index (κ1) is 14.7. The number of carbonyl (C=O) groups excluding carboxylic acids is 1. The molecule has 4 rings (SSSR count). The van der Waals surface area contributed by atoms with Crippen LogP contribution in [0.2, 0.25) is 0 Å². The fourth-order valence-electron chi connectivity index (χ4n) is 3.70. The third-order valence-corrected chi connectivity index (χ3v) is 5.38. The summed E-state index contributed by atoms with van der Waals surface area (Å²) in [4.78, 5) is 16.9. The Balaban J connectivity index is 1.40. The monoisotopic (exact) mass is 308 g/mol. The highest BCUT2D eigenvalue weighted by atomic mass is 16.2. The van der Waals surface area contributed by atoms with E-state index in [4.69, 9.17) is 0 Å². The van der Waals surface area contributed by atoms with Crippen molar-refractivity contribution in [2.45, 2.75) is 19.9 Å². The molecular weight excluding hydrogens is 284 g/mol. The highest BCUT2D eigenvalue weighted by molar-refractivity contribution is 5.85. The molecule has 2 aliphatic rings. The topological polar surface area (TPSA) is 23.6 Å². The van der Waals surface area contributed by atoms with E-state index in [0.717, 1.165) is 39.1 Å². The van der Waals surface area contributed by atoms with Gasteiger partial charge in [-0.25, -0.2) is 0 Å². The lowest BCUT2D eigenvalue weighted by Crippen LogP contribution is -2.48. The Morgan fingerprint density at radius 1 is 1.04 bits per heavy atom. The maximum atomic E-state index is 12.3. The van der Waals surface area contributed by atoms with Crippen LogP contribution in [-0.4, -0.2) is 41.9 Å². The molecule has 2 atom stereocenters. The van der Waals surface area contributed by atoms with Gasteiger partial charge in [0.15, 0.2) is 0 Å². The molecule has 23 heavy (non-hydrogen) atoms. The van der Waals surface area contributed by atoms with E-state index in [-0.39, 0.29) is 0 Å². The summed E-state index contributed by atoms with van der Waals surface area (Å²) >= 11 is 0. The minimum atomic E-state index is 0.319. The van der Waals surface area contributed by atoms with E-state index in [1.54, 1.807) is 0 Å². The number of carbonyl (C=O) groups is 1. The SMILES string of the molecule is CC1CC1C(=O)N1CCN(Cc2cccc3ccccc23)CC1. The number of fused-ring (bicyclic) bond motifs is 1. The molecule has 2 aromatic carbocycles. The zero-order chi connectivity index (χ0) is 15.8. The summed E-state index contributed by atoms with van der Waals surface area (Å²) < 4.78 is 0. The van der Waals surface area contributed by atoms with Crippen LogP contribution in [0.3, 0.4) is 0 Å². The summed E-state index contributed by atoms with van der Waals surface area (Å²) in [5, 5.41) is 2.65. The molecule has 1 saturated carbocycles. The summed E-state index contributed by atoms with van der Waals surface area (Å²) in [6, 6.07) is 15.1. The van der Waals surface area contributed by atoms with Crippen molar-refractivity contribution in [1.82, 2.24) is 9.80 Å². The first-order valence-electron chi connectivity index (χ1n) is 8.70. The molecule has 0 aromatic heterocycles. The molecule has 0 spiro atoms. The molecular formula is C20H24N2O. The van der Waals surface area contributed by atoms with Crippen molar-refractivity contribution < 1.29 is 4.79 Å². The average Bonchev–Trinajstić information content (AvgIpc) is 3.32. The van der Waals surface area contributed by atoms with E-state index in [1.165, 1.54) is 16.3 Å². The van der Waals surface area contributed by atoms with Gasteiger partial charge in [0.05, 0.1) is 0 Å². The lowest BCUT2D eigenvalue weighted by molar-refractivity contribution is -0.134. The standard InChI is InChI=1S/C20H24N2O/c1-15-13-19(15)20(23)22-11-9-21(10-12-22)14-17-7-4-6-16-5-2-3-8-18(16)17/h2-8,15,19H,9-14H2,1H3. The van der Waals surface area contributed by atoms with Crippen LogP contribution in [0.25, 0.3) is 10.8 Å². The first-order chi connectivity index (χ1) is 11.2. The smallest absolute Gasteiger partial charge is 0.226 e. The van der Waals surface area contributed by atoms with E-state index in [9.17, 15) is 4.79 Å². The summed E-state index contributed by atoms with van der Waals surface area (Å²) in [7, 11) is 0. The third kappa shape index (κ3) is 2.98. The normalized spacial score (nSPS) is 24.8.